The van der Waals surface area contributed by atoms with E-state index >= 15 is 0 Å². The summed E-state index contributed by atoms with van der Waals surface area (Å²) < 4.78 is 14.4. The van der Waals surface area contributed by atoms with E-state index in [0.717, 1.165) is 27.9 Å². The monoisotopic (exact) mass is 334 g/mol. The number of fused-ring (bicyclic) bond motifs is 1. The molecule has 2 aromatic carbocycles. The summed E-state index contributed by atoms with van der Waals surface area (Å²) in [7, 11) is 1.71. The predicted octanol–water partition coefficient (Wildman–Crippen LogP) is 3.54. The number of imidazole rings is 1. The topological polar surface area (TPSA) is 36.3 Å². The van der Waals surface area contributed by atoms with Gasteiger partial charge in [0.05, 0.1) is 22.2 Å². The lowest BCUT2D eigenvalue weighted by molar-refractivity contribution is 0.00578. The number of rotatable bonds is 2. The van der Waals surface area contributed by atoms with Gasteiger partial charge in [-0.25, -0.2) is 4.98 Å². The van der Waals surface area contributed by atoms with Crippen molar-refractivity contribution in [3.05, 3.63) is 48.5 Å². The highest BCUT2D eigenvalue weighted by Gasteiger charge is 2.51. The Morgan fingerprint density at radius 3 is 2.08 bits per heavy atom. The van der Waals surface area contributed by atoms with Gasteiger partial charge in [0.1, 0.15) is 5.82 Å². The zero-order chi connectivity index (χ0) is 17.8. The second kappa shape index (κ2) is 5.45. The predicted molar refractivity (Wildman–Crippen MR) is 102 cm³/mol. The van der Waals surface area contributed by atoms with Crippen molar-refractivity contribution in [1.82, 2.24) is 9.55 Å². The van der Waals surface area contributed by atoms with Gasteiger partial charge in [-0.1, -0.05) is 36.4 Å². The number of aryl methyl sites for hydroxylation is 1. The van der Waals surface area contributed by atoms with Crippen LogP contribution in [-0.2, 0) is 16.4 Å². The highest BCUT2D eigenvalue weighted by Crippen LogP contribution is 2.36. The molecule has 25 heavy (non-hydrogen) atoms. The number of aromatic nitrogens is 2. The lowest BCUT2D eigenvalue weighted by Gasteiger charge is -2.32. The van der Waals surface area contributed by atoms with E-state index in [4.69, 9.17) is 14.3 Å². The van der Waals surface area contributed by atoms with Crippen molar-refractivity contribution in [3.8, 4) is 11.4 Å². The van der Waals surface area contributed by atoms with E-state index in [1.165, 1.54) is 0 Å². The standard InChI is InChI=1S/C20H23BN2O2/c1-19(2)20(3,4)25-21(24-19)15-12-10-14(11-13-15)18-22-16-8-6-7-9-17(16)23(18)5/h6-13H,1-5H3. The first kappa shape index (κ1) is 16.4. The van der Waals surface area contributed by atoms with E-state index in [1.54, 1.807) is 0 Å². The molecule has 0 radical (unpaired) electrons. The van der Waals surface area contributed by atoms with Crippen molar-refractivity contribution in [2.24, 2.45) is 7.05 Å². The summed E-state index contributed by atoms with van der Waals surface area (Å²) in [4.78, 5) is 4.76. The molecule has 0 saturated carbocycles. The Morgan fingerprint density at radius 1 is 0.880 bits per heavy atom. The van der Waals surface area contributed by atoms with E-state index in [0.29, 0.717) is 0 Å². The Hall–Kier alpha value is -2.11. The summed E-state index contributed by atoms with van der Waals surface area (Å²) in [5, 5.41) is 0. The number of nitrogens with zero attached hydrogens (tertiary/aromatic N) is 2. The molecule has 0 amide bonds. The zero-order valence-corrected chi connectivity index (χ0v) is 15.4. The molecule has 0 atom stereocenters. The van der Waals surface area contributed by atoms with Crippen LogP contribution in [0.5, 0.6) is 0 Å². The van der Waals surface area contributed by atoms with Crippen molar-refractivity contribution < 1.29 is 9.31 Å². The highest BCUT2D eigenvalue weighted by molar-refractivity contribution is 6.62. The molecule has 4 rings (SSSR count). The van der Waals surface area contributed by atoms with Crippen molar-refractivity contribution in [2.45, 2.75) is 38.9 Å². The average molecular weight is 334 g/mol. The second-order valence-corrected chi connectivity index (χ2v) is 7.69. The Balaban J connectivity index is 1.65. The Labute approximate surface area is 148 Å². The van der Waals surface area contributed by atoms with Crippen LogP contribution in [-0.4, -0.2) is 27.9 Å². The van der Waals surface area contributed by atoms with Crippen molar-refractivity contribution >= 4 is 23.6 Å². The Bertz CT molecular complexity index is 913. The molecule has 5 heteroatoms. The summed E-state index contributed by atoms with van der Waals surface area (Å²) in [6.45, 7) is 8.28. The molecule has 1 saturated heterocycles. The molecule has 128 valence electrons. The van der Waals surface area contributed by atoms with Gasteiger partial charge in [0.15, 0.2) is 0 Å². The first-order valence-electron chi connectivity index (χ1n) is 8.66. The van der Waals surface area contributed by atoms with Crippen molar-refractivity contribution in [3.63, 3.8) is 0 Å². The maximum atomic E-state index is 6.12. The minimum absolute atomic E-state index is 0.326. The van der Waals surface area contributed by atoms with Crippen LogP contribution in [0.4, 0.5) is 0 Å². The molecule has 1 aliphatic rings. The molecule has 3 aromatic rings. The molecule has 0 unspecified atom stereocenters. The van der Waals surface area contributed by atoms with Gasteiger partial charge in [0.2, 0.25) is 0 Å². The van der Waals surface area contributed by atoms with Crippen LogP contribution in [0.15, 0.2) is 48.5 Å². The fraction of sp³-hybridized carbons (Fsp3) is 0.350. The van der Waals surface area contributed by atoms with Crippen LogP contribution in [0.1, 0.15) is 27.7 Å². The maximum absolute atomic E-state index is 6.12. The number of hydrogen-bond acceptors (Lipinski definition) is 3. The molecule has 4 nitrogen and oxygen atoms in total. The molecule has 0 N–H and O–H groups in total. The van der Waals surface area contributed by atoms with Gasteiger partial charge in [-0.05, 0) is 45.3 Å². The fourth-order valence-electron chi connectivity index (χ4n) is 3.17. The molecule has 2 heterocycles. The van der Waals surface area contributed by atoms with E-state index in [9.17, 15) is 0 Å². The third-order valence-electron chi connectivity index (χ3n) is 5.48. The van der Waals surface area contributed by atoms with Crippen LogP contribution >= 0.6 is 0 Å². The first-order chi connectivity index (χ1) is 11.8. The van der Waals surface area contributed by atoms with Crippen LogP contribution in [0.2, 0.25) is 0 Å². The number of benzene rings is 2. The zero-order valence-electron chi connectivity index (χ0n) is 15.4. The summed E-state index contributed by atoms with van der Waals surface area (Å²) in [6.07, 6.45) is 0. The van der Waals surface area contributed by atoms with Gasteiger partial charge < -0.3 is 13.9 Å². The van der Waals surface area contributed by atoms with Crippen molar-refractivity contribution in [2.75, 3.05) is 0 Å². The van der Waals surface area contributed by atoms with Gasteiger partial charge in [-0.15, -0.1) is 0 Å². The van der Waals surface area contributed by atoms with E-state index in [1.807, 2.05) is 25.2 Å². The van der Waals surface area contributed by atoms with Gasteiger partial charge in [0, 0.05) is 12.6 Å². The van der Waals surface area contributed by atoms with Crippen LogP contribution < -0.4 is 5.46 Å². The lowest BCUT2D eigenvalue weighted by Crippen LogP contribution is -2.41. The highest BCUT2D eigenvalue weighted by atomic mass is 16.7. The Kier molecular flexibility index (Phi) is 3.57. The normalized spacial score (nSPS) is 18.8. The smallest absolute Gasteiger partial charge is 0.399 e. The molecule has 1 aliphatic heterocycles. The van der Waals surface area contributed by atoms with Gasteiger partial charge in [-0.3, -0.25) is 0 Å². The summed E-state index contributed by atoms with van der Waals surface area (Å²) in [5.41, 5.74) is 3.60. The number of hydrogen-bond donors (Lipinski definition) is 0. The molecular weight excluding hydrogens is 311 g/mol. The third-order valence-corrected chi connectivity index (χ3v) is 5.48. The minimum Gasteiger partial charge on any atom is -0.399 e. The van der Waals surface area contributed by atoms with Crippen molar-refractivity contribution in [1.29, 1.82) is 0 Å². The third kappa shape index (κ3) is 2.59. The summed E-state index contributed by atoms with van der Waals surface area (Å²) in [6, 6.07) is 16.5. The molecule has 0 spiro atoms. The van der Waals surface area contributed by atoms with Crippen LogP contribution in [0, 0.1) is 0 Å². The summed E-state index contributed by atoms with van der Waals surface area (Å²) >= 11 is 0. The second-order valence-electron chi connectivity index (χ2n) is 7.69. The molecule has 1 fully saturated rings. The Morgan fingerprint density at radius 2 is 1.48 bits per heavy atom. The van der Waals surface area contributed by atoms with Gasteiger partial charge in [0.25, 0.3) is 0 Å². The molecule has 1 aromatic heterocycles. The lowest BCUT2D eigenvalue weighted by atomic mass is 9.79. The molecule has 0 bridgehead atoms. The minimum atomic E-state index is -0.334. The summed E-state index contributed by atoms with van der Waals surface area (Å²) in [5.74, 6) is 0.960. The van der Waals surface area contributed by atoms with Gasteiger partial charge in [-0.2, -0.15) is 0 Å². The maximum Gasteiger partial charge on any atom is 0.494 e. The van der Waals surface area contributed by atoms with Gasteiger partial charge >= 0.3 is 7.12 Å². The fourth-order valence-corrected chi connectivity index (χ4v) is 3.17. The van der Waals surface area contributed by atoms with Crippen LogP contribution in [0.3, 0.4) is 0 Å². The largest absolute Gasteiger partial charge is 0.494 e. The number of para-hydroxylation sites is 2. The molecular formula is C20H23BN2O2. The SMILES string of the molecule is Cn1c(-c2ccc(B3OC(C)(C)C(C)(C)O3)cc2)nc2ccccc21. The first-order valence-corrected chi connectivity index (χ1v) is 8.66. The van der Waals surface area contributed by atoms with E-state index in [2.05, 4.69) is 62.6 Å². The van der Waals surface area contributed by atoms with E-state index < -0.39 is 0 Å². The van der Waals surface area contributed by atoms with E-state index in [-0.39, 0.29) is 18.3 Å². The molecule has 0 aliphatic carbocycles. The average Bonchev–Trinajstić information content (AvgIpc) is 3.02. The quantitative estimate of drug-likeness (QED) is 0.673. The van der Waals surface area contributed by atoms with Crippen LogP contribution in [0.25, 0.3) is 22.4 Å².